The Bertz CT molecular complexity index is 687. The van der Waals surface area contributed by atoms with Crippen molar-refractivity contribution in [3.8, 4) is 0 Å². The lowest BCUT2D eigenvalue weighted by Gasteiger charge is -2.14. The van der Waals surface area contributed by atoms with Gasteiger partial charge < -0.3 is 10.6 Å². The molecule has 2 aliphatic rings. The van der Waals surface area contributed by atoms with Crippen LogP contribution in [0, 0.1) is 10.8 Å². The maximum atomic E-state index is 12.3. The lowest BCUT2D eigenvalue weighted by atomic mass is 10.1. The second-order valence-electron chi connectivity index (χ2n) is 7.61. The molecule has 2 saturated carbocycles. The molecule has 3 rings (SSSR count). The minimum Gasteiger partial charge on any atom is -0.351 e. The van der Waals surface area contributed by atoms with Crippen LogP contribution >= 0.6 is 63.7 Å². The number of hydrogen-bond acceptors (Lipinski definition) is 2. The molecule has 0 saturated heterocycles. The molecule has 0 aromatic heterocycles. The summed E-state index contributed by atoms with van der Waals surface area (Å²) in [4.78, 5) is 24.6. The van der Waals surface area contributed by atoms with Crippen LogP contribution in [-0.4, -0.2) is 18.3 Å². The third kappa shape index (κ3) is 3.80. The van der Waals surface area contributed by atoms with Gasteiger partial charge in [0.1, 0.15) is 0 Å². The van der Waals surface area contributed by atoms with Gasteiger partial charge in [0, 0.05) is 13.1 Å². The molecular weight excluding hydrogens is 596 g/mol. The Balaban J connectivity index is 1.47. The molecule has 26 heavy (non-hydrogen) atoms. The number of amides is 2. The number of halogens is 4. The summed E-state index contributed by atoms with van der Waals surface area (Å²) in [6.07, 6.45) is 1.54. The van der Waals surface area contributed by atoms with Crippen LogP contribution in [-0.2, 0) is 22.7 Å². The van der Waals surface area contributed by atoms with Crippen molar-refractivity contribution in [3.05, 3.63) is 35.4 Å². The van der Waals surface area contributed by atoms with Crippen LogP contribution in [0.5, 0.6) is 0 Å². The summed E-state index contributed by atoms with van der Waals surface area (Å²) in [7, 11) is 0. The monoisotopic (exact) mass is 612 g/mol. The van der Waals surface area contributed by atoms with Crippen molar-refractivity contribution in [1.82, 2.24) is 10.6 Å². The number of rotatable bonds is 6. The first kappa shape index (κ1) is 20.8. The van der Waals surface area contributed by atoms with Gasteiger partial charge in [-0.3, -0.25) is 9.59 Å². The second kappa shape index (κ2) is 6.85. The number of carbonyl (C=O) groups is 2. The number of hydrogen-bond donors (Lipinski definition) is 2. The van der Waals surface area contributed by atoms with Crippen LogP contribution in [0.4, 0.5) is 0 Å². The fourth-order valence-electron chi connectivity index (χ4n) is 2.82. The lowest BCUT2D eigenvalue weighted by Crippen LogP contribution is -2.33. The molecule has 8 heteroatoms. The third-order valence-electron chi connectivity index (χ3n) is 5.45. The van der Waals surface area contributed by atoms with Crippen LogP contribution in [0.3, 0.4) is 0 Å². The fraction of sp³-hybridized carbons (Fsp3) is 0.556. The van der Waals surface area contributed by atoms with Gasteiger partial charge in [-0.15, -0.1) is 0 Å². The average Bonchev–Trinajstić information content (AvgIpc) is 3.31. The maximum absolute atomic E-state index is 12.3. The minimum absolute atomic E-state index is 0.0355. The van der Waals surface area contributed by atoms with Crippen molar-refractivity contribution in [2.24, 2.45) is 10.8 Å². The van der Waals surface area contributed by atoms with Crippen LogP contribution in [0.25, 0.3) is 0 Å². The minimum atomic E-state index is -0.407. The van der Waals surface area contributed by atoms with Gasteiger partial charge in [0.05, 0.1) is 17.3 Å². The first-order valence-corrected chi connectivity index (χ1v) is 11.5. The summed E-state index contributed by atoms with van der Waals surface area (Å²) in [6.45, 7) is 4.86. The highest BCUT2D eigenvalue weighted by atomic mass is 79.9. The van der Waals surface area contributed by atoms with Crippen LogP contribution in [0.1, 0.15) is 37.8 Å². The largest absolute Gasteiger partial charge is 0.351 e. The van der Waals surface area contributed by atoms with Crippen molar-refractivity contribution in [1.29, 1.82) is 0 Å². The maximum Gasteiger partial charge on any atom is 0.228 e. The molecule has 2 amide bonds. The van der Waals surface area contributed by atoms with E-state index in [-0.39, 0.29) is 18.3 Å². The Morgan fingerprint density at radius 1 is 0.808 bits per heavy atom. The van der Waals surface area contributed by atoms with Crippen LogP contribution < -0.4 is 10.6 Å². The smallest absolute Gasteiger partial charge is 0.228 e. The molecule has 2 aliphatic carbocycles. The van der Waals surface area contributed by atoms with E-state index in [1.54, 1.807) is 0 Å². The van der Waals surface area contributed by atoms with Crippen molar-refractivity contribution in [2.45, 2.75) is 46.2 Å². The van der Waals surface area contributed by atoms with Gasteiger partial charge in [-0.25, -0.2) is 0 Å². The molecule has 4 nitrogen and oxygen atoms in total. The number of nitrogens with one attached hydrogen (secondary N) is 2. The summed E-state index contributed by atoms with van der Waals surface area (Å²) < 4.78 is -0.557. The number of alkyl halides is 4. The molecule has 0 bridgehead atoms. The quantitative estimate of drug-likeness (QED) is 0.456. The topological polar surface area (TPSA) is 58.2 Å². The highest BCUT2D eigenvalue weighted by molar-refractivity contribution is 9.26. The summed E-state index contributed by atoms with van der Waals surface area (Å²) in [5.74, 6) is 0.0709. The van der Waals surface area contributed by atoms with Crippen LogP contribution in [0.2, 0.25) is 0 Å². The van der Waals surface area contributed by atoms with E-state index in [4.69, 9.17) is 0 Å². The van der Waals surface area contributed by atoms with Gasteiger partial charge >= 0.3 is 0 Å². The first-order chi connectivity index (χ1) is 11.9. The molecule has 0 unspecified atom stereocenters. The van der Waals surface area contributed by atoms with Gasteiger partial charge in [-0.05, 0) is 37.8 Å². The molecule has 1 aromatic carbocycles. The van der Waals surface area contributed by atoms with Crippen molar-refractivity contribution in [2.75, 3.05) is 0 Å². The van der Waals surface area contributed by atoms with Gasteiger partial charge in [-0.1, -0.05) is 88.0 Å². The van der Waals surface area contributed by atoms with Crippen LogP contribution in [0.15, 0.2) is 24.3 Å². The third-order valence-corrected chi connectivity index (χ3v) is 10.1. The van der Waals surface area contributed by atoms with Gasteiger partial charge in [-0.2, -0.15) is 0 Å². The van der Waals surface area contributed by atoms with Crippen molar-refractivity contribution < 1.29 is 9.59 Å². The van der Waals surface area contributed by atoms with E-state index in [0.29, 0.717) is 13.1 Å². The normalized spacial score (nSPS) is 30.4. The Morgan fingerprint density at radius 2 is 1.08 bits per heavy atom. The number of benzene rings is 1. The predicted molar refractivity (Wildman–Crippen MR) is 117 cm³/mol. The Kier molecular flexibility index (Phi) is 5.48. The molecule has 2 N–H and O–H groups in total. The van der Waals surface area contributed by atoms with E-state index in [1.165, 1.54) is 0 Å². The molecule has 1 aromatic rings. The molecule has 0 spiro atoms. The second-order valence-corrected chi connectivity index (χ2v) is 15.2. The van der Waals surface area contributed by atoms with E-state index in [1.807, 2.05) is 38.1 Å². The Morgan fingerprint density at radius 3 is 1.31 bits per heavy atom. The highest BCUT2D eigenvalue weighted by Crippen LogP contribution is 2.67. The molecular formula is C18H20Br4N2O2. The molecule has 2 fully saturated rings. The molecule has 2 atom stereocenters. The zero-order valence-electron chi connectivity index (χ0n) is 14.5. The summed E-state index contributed by atoms with van der Waals surface area (Å²) in [6, 6.07) is 7.91. The Hall–Kier alpha value is 0.0800. The summed E-state index contributed by atoms with van der Waals surface area (Å²) in [5.41, 5.74) is 1.25. The van der Waals surface area contributed by atoms with E-state index < -0.39 is 10.8 Å². The van der Waals surface area contributed by atoms with Gasteiger partial charge in [0.2, 0.25) is 11.8 Å². The van der Waals surface area contributed by atoms with E-state index in [2.05, 4.69) is 74.4 Å². The van der Waals surface area contributed by atoms with Crippen molar-refractivity contribution in [3.63, 3.8) is 0 Å². The van der Waals surface area contributed by atoms with E-state index in [9.17, 15) is 9.59 Å². The molecule has 0 heterocycles. The molecule has 142 valence electrons. The summed E-state index contributed by atoms with van der Waals surface area (Å²) >= 11 is 14.1. The zero-order valence-corrected chi connectivity index (χ0v) is 20.8. The Labute approximate surface area is 187 Å². The molecule has 0 radical (unpaired) electrons. The average molecular weight is 616 g/mol. The first-order valence-electron chi connectivity index (χ1n) is 8.31. The highest BCUT2D eigenvalue weighted by Gasteiger charge is 2.67. The SMILES string of the molecule is C[C@@]1(C(=O)NCc2ccc(CNC(=O)[C@]3(C)CC3(Br)Br)cc2)CC1(Br)Br. The standard InChI is InChI=1S/C18H20Br4N2O2/c1-15(9-17(15,19)20)13(25)23-7-11-3-5-12(6-4-11)8-24-14(26)16(2)10-18(16,21)22/h3-6H,7-10H2,1-2H3,(H,23,25)(H,24,26)/t15-,16-/m0/s1. The lowest BCUT2D eigenvalue weighted by molar-refractivity contribution is -0.126. The zero-order chi connectivity index (χ0) is 19.4. The number of carbonyl (C=O) groups excluding carboxylic acids is 2. The predicted octanol–water partition coefficient (Wildman–Crippen LogP) is 4.71. The fourth-order valence-corrected chi connectivity index (χ4v) is 5.79. The van der Waals surface area contributed by atoms with E-state index >= 15 is 0 Å². The van der Waals surface area contributed by atoms with Gasteiger partial charge in [0.25, 0.3) is 0 Å². The van der Waals surface area contributed by atoms with Crippen molar-refractivity contribution >= 4 is 75.5 Å². The van der Waals surface area contributed by atoms with Gasteiger partial charge in [0.15, 0.2) is 0 Å². The van der Waals surface area contributed by atoms with E-state index in [0.717, 1.165) is 24.0 Å². The molecule has 0 aliphatic heterocycles. The summed E-state index contributed by atoms with van der Waals surface area (Å²) in [5, 5.41) is 5.97.